The quantitative estimate of drug-likeness (QED) is 0.128. The molecule has 0 aliphatic carbocycles. The molecule has 0 spiro atoms. The molecule has 0 saturated carbocycles. The number of pyridine rings is 2. The van der Waals surface area contributed by atoms with Crippen LogP contribution in [0.1, 0.15) is 72.2 Å². The minimum atomic E-state index is -4.20. The number of nitrogens with zero attached hydrogens (tertiary/aromatic N) is 7. The molecule has 4 N–H and O–H groups in total. The Kier molecular flexibility index (Phi) is 14.0. The Bertz CT molecular complexity index is 3630. The van der Waals surface area contributed by atoms with Crippen molar-refractivity contribution in [2.24, 2.45) is 19.8 Å². The summed E-state index contributed by atoms with van der Waals surface area (Å²) in [4.78, 5) is 53.7. The number of benzene rings is 2. The lowest BCUT2D eigenvalue weighted by atomic mass is 9.99. The van der Waals surface area contributed by atoms with Crippen molar-refractivity contribution in [3.8, 4) is 6.07 Å². The fourth-order valence-electron chi connectivity index (χ4n) is 8.09. The Morgan fingerprint density at radius 3 is 1.51 bits per heavy atom. The standard InChI is InChI=1S/C23H22F3N5O4S.C23H20F3N5O3S/c1-12(14-4-3-5-17(18(14)24)23(25,26)22(27)33)30-19-16-10-15(13-6-8-36(34,35)9-7-13)21(32)31(2)20(16)29-11-28-19;1-13(15-4-3-5-18(19(15)24)23(25,26)11-27)30-20-17-10-16(14-6-8-35(33,34)9-7-14)22(32)31(2)21(17)29-12-28-20/h3-6,10-12H,7-9H2,1-2H3,(H2,27,33)(H,28,29,30);3-6,10,12-13H,7-9H2,1-2H3,(H,28,29,30)/t12-;13-/m11/s1. The lowest BCUT2D eigenvalue weighted by molar-refractivity contribution is -0.143. The predicted molar refractivity (Wildman–Crippen MR) is 252 cm³/mol. The van der Waals surface area contributed by atoms with Gasteiger partial charge in [-0.1, -0.05) is 36.4 Å². The molecular formula is C46H42F6N10O7S2. The molecule has 25 heteroatoms. The first kappa shape index (κ1) is 51.4. The van der Waals surface area contributed by atoms with E-state index in [-0.39, 0.29) is 86.6 Å². The highest BCUT2D eigenvalue weighted by Crippen LogP contribution is 2.36. The van der Waals surface area contributed by atoms with E-state index in [2.05, 4.69) is 30.6 Å². The number of aryl methyl sites for hydroxylation is 2. The second-order valence-electron chi connectivity index (χ2n) is 16.7. The van der Waals surface area contributed by atoms with Crippen LogP contribution in [0.3, 0.4) is 0 Å². The first-order valence-corrected chi connectivity index (χ1v) is 25.0. The Morgan fingerprint density at radius 2 is 1.13 bits per heavy atom. The smallest absolute Gasteiger partial charge is 0.360 e. The van der Waals surface area contributed by atoms with Crippen molar-refractivity contribution in [2.75, 3.05) is 33.6 Å². The van der Waals surface area contributed by atoms with Gasteiger partial charge in [0.25, 0.3) is 17.0 Å². The number of carbonyl (C=O) groups excluding carboxylic acids is 1. The van der Waals surface area contributed by atoms with E-state index in [0.29, 0.717) is 27.5 Å². The number of halogens is 6. The third kappa shape index (κ3) is 10.3. The molecule has 2 aliphatic rings. The van der Waals surface area contributed by atoms with E-state index in [4.69, 9.17) is 11.0 Å². The molecule has 0 fully saturated rings. The lowest BCUT2D eigenvalue weighted by Crippen LogP contribution is -2.34. The van der Waals surface area contributed by atoms with Crippen LogP contribution in [0.25, 0.3) is 33.2 Å². The SMILES string of the molecule is C[C@@H](Nc1ncnc2c1cc(C1=CCS(=O)(=O)CC1)c(=O)n2C)c1cccc(C(F)(F)C#N)c1F.C[C@@H](Nc1ncnc2c1cc(C1=CCS(=O)(=O)CC1)c(=O)n2C)c1cccc(C(F)(F)C(N)=O)c1F. The highest BCUT2D eigenvalue weighted by Gasteiger charge is 2.42. The number of primary amides is 1. The van der Waals surface area contributed by atoms with Crippen molar-refractivity contribution >= 4 is 70.4 Å². The molecular weight excluding hydrogens is 983 g/mol. The third-order valence-electron chi connectivity index (χ3n) is 12.1. The van der Waals surface area contributed by atoms with E-state index in [1.807, 2.05) is 0 Å². The molecule has 0 bridgehead atoms. The van der Waals surface area contributed by atoms with Crippen LogP contribution in [0.5, 0.6) is 0 Å². The van der Waals surface area contributed by atoms with E-state index in [1.165, 1.54) is 92.2 Å². The molecule has 1 amide bonds. The average molecular weight is 1030 g/mol. The predicted octanol–water partition coefficient (Wildman–Crippen LogP) is 5.88. The number of rotatable bonds is 11. The highest BCUT2D eigenvalue weighted by atomic mass is 32.2. The maximum absolute atomic E-state index is 15.0. The molecule has 6 heterocycles. The molecule has 6 aromatic rings. The summed E-state index contributed by atoms with van der Waals surface area (Å²) < 4.78 is 136. The number of alkyl halides is 4. The van der Waals surface area contributed by atoms with Crippen molar-refractivity contribution in [1.82, 2.24) is 29.1 Å². The van der Waals surface area contributed by atoms with Gasteiger partial charge < -0.3 is 16.4 Å². The van der Waals surface area contributed by atoms with E-state index >= 15 is 4.39 Å². The van der Waals surface area contributed by atoms with Crippen LogP contribution in [-0.4, -0.2) is 74.8 Å². The summed E-state index contributed by atoms with van der Waals surface area (Å²) in [6.45, 7) is 3.05. The minimum absolute atomic E-state index is 0.0730. The number of allylic oxidation sites excluding steroid dienone is 2. The summed E-state index contributed by atoms with van der Waals surface area (Å²) in [5, 5.41) is 15.4. The number of fused-ring (bicyclic) bond motifs is 2. The number of hydrogen-bond acceptors (Lipinski definition) is 14. The van der Waals surface area contributed by atoms with E-state index in [9.17, 15) is 53.2 Å². The van der Waals surface area contributed by atoms with Gasteiger partial charge in [-0.3, -0.25) is 23.5 Å². The van der Waals surface area contributed by atoms with Crippen LogP contribution in [0.4, 0.5) is 38.0 Å². The summed E-state index contributed by atoms with van der Waals surface area (Å²) in [7, 11) is -3.38. The van der Waals surface area contributed by atoms with Crippen LogP contribution in [0.15, 0.2) is 82.9 Å². The molecule has 71 heavy (non-hydrogen) atoms. The number of nitrogens with two attached hydrogens (primary N) is 1. The highest BCUT2D eigenvalue weighted by molar-refractivity contribution is 7.91. The van der Waals surface area contributed by atoms with Gasteiger partial charge in [0.05, 0.1) is 57.0 Å². The first-order valence-electron chi connectivity index (χ1n) is 21.3. The zero-order valence-electron chi connectivity index (χ0n) is 38.0. The van der Waals surface area contributed by atoms with Gasteiger partial charge in [-0.2, -0.15) is 22.8 Å². The van der Waals surface area contributed by atoms with Gasteiger partial charge in [0.2, 0.25) is 0 Å². The lowest BCUT2D eigenvalue weighted by Gasteiger charge is -2.21. The molecule has 8 rings (SSSR count). The van der Waals surface area contributed by atoms with Gasteiger partial charge in [0, 0.05) is 36.3 Å². The topological polar surface area (TPSA) is 255 Å². The second-order valence-corrected chi connectivity index (χ2v) is 21.2. The van der Waals surface area contributed by atoms with Crippen LogP contribution in [-0.2, 0) is 50.4 Å². The van der Waals surface area contributed by atoms with Crippen LogP contribution in [0, 0.1) is 23.0 Å². The van der Waals surface area contributed by atoms with Crippen molar-refractivity contribution in [2.45, 2.75) is 50.6 Å². The molecule has 0 unspecified atom stereocenters. The monoisotopic (exact) mass is 1020 g/mol. The second kappa shape index (κ2) is 19.4. The van der Waals surface area contributed by atoms with E-state index in [1.54, 1.807) is 6.07 Å². The summed E-state index contributed by atoms with van der Waals surface area (Å²) in [5.74, 6) is -12.7. The Balaban J connectivity index is 0.000000209. The van der Waals surface area contributed by atoms with Gasteiger partial charge in [-0.05, 0) is 62.1 Å². The Hall–Kier alpha value is -7.46. The van der Waals surface area contributed by atoms with Gasteiger partial charge in [-0.15, -0.1) is 0 Å². The Labute approximate surface area is 400 Å². The number of anilines is 2. The minimum Gasteiger partial charge on any atom is -0.364 e. The number of amides is 1. The summed E-state index contributed by atoms with van der Waals surface area (Å²) in [6.07, 6.45) is 5.76. The van der Waals surface area contributed by atoms with Crippen LogP contribution < -0.4 is 27.5 Å². The normalized spacial score (nSPS) is 16.4. The molecule has 17 nitrogen and oxygen atoms in total. The maximum Gasteiger partial charge on any atom is 0.360 e. The molecule has 0 saturated heterocycles. The van der Waals surface area contributed by atoms with Crippen molar-refractivity contribution in [3.63, 3.8) is 0 Å². The summed E-state index contributed by atoms with van der Waals surface area (Å²) >= 11 is 0. The van der Waals surface area contributed by atoms with Gasteiger partial charge in [-0.25, -0.2) is 45.6 Å². The third-order valence-corrected chi connectivity index (χ3v) is 15.1. The largest absolute Gasteiger partial charge is 0.364 e. The Morgan fingerprint density at radius 1 is 0.718 bits per heavy atom. The molecule has 372 valence electrons. The fourth-order valence-corrected chi connectivity index (χ4v) is 10.4. The molecule has 2 atom stereocenters. The average Bonchev–Trinajstić information content (AvgIpc) is 3.32. The molecule has 2 aliphatic heterocycles. The zero-order valence-corrected chi connectivity index (χ0v) is 39.6. The van der Waals surface area contributed by atoms with Gasteiger partial charge >= 0.3 is 11.8 Å². The fraction of sp³-hybridized carbons (Fsp3) is 0.304. The molecule has 0 radical (unpaired) electrons. The number of nitrogens with one attached hydrogen (secondary N) is 2. The van der Waals surface area contributed by atoms with Gasteiger partial charge in [0.15, 0.2) is 19.7 Å². The van der Waals surface area contributed by atoms with E-state index in [0.717, 1.165) is 18.2 Å². The number of hydrogen-bond donors (Lipinski definition) is 3. The van der Waals surface area contributed by atoms with Gasteiger partial charge in [0.1, 0.15) is 53.3 Å². The van der Waals surface area contributed by atoms with Crippen LogP contribution >= 0.6 is 0 Å². The maximum atomic E-state index is 15.0. The van der Waals surface area contributed by atoms with E-state index < -0.39 is 72.3 Å². The number of nitriles is 1. The molecule has 2 aromatic carbocycles. The number of sulfone groups is 2. The van der Waals surface area contributed by atoms with Crippen molar-refractivity contribution < 1.29 is 48.0 Å². The summed E-state index contributed by atoms with van der Waals surface area (Å²) in [6, 6.07) is 8.81. The zero-order chi connectivity index (χ0) is 52.0. The number of carbonyl (C=O) groups is 1. The van der Waals surface area contributed by atoms with Crippen molar-refractivity contribution in [1.29, 1.82) is 5.26 Å². The first-order chi connectivity index (χ1) is 33.3. The van der Waals surface area contributed by atoms with Crippen LogP contribution in [0.2, 0.25) is 0 Å². The summed E-state index contributed by atoms with van der Waals surface area (Å²) in [5.41, 5.74) is 3.84. The van der Waals surface area contributed by atoms with Crippen molar-refractivity contribution in [3.05, 3.63) is 139 Å². The number of aromatic nitrogens is 6. The molecule has 4 aromatic heterocycles.